The first-order chi connectivity index (χ1) is 7.93. The molecule has 1 aromatic carbocycles. The summed E-state index contributed by atoms with van der Waals surface area (Å²) in [5.74, 6) is 0.791. The van der Waals surface area contributed by atoms with Crippen molar-refractivity contribution in [2.75, 3.05) is 0 Å². The summed E-state index contributed by atoms with van der Waals surface area (Å²) in [6.07, 6.45) is 4.04. The lowest BCUT2D eigenvalue weighted by molar-refractivity contribution is 1.08. The summed E-state index contributed by atoms with van der Waals surface area (Å²) in [6.45, 7) is 0. The number of hydrogen-bond acceptors (Lipinski definition) is 3. The molecule has 0 aliphatic heterocycles. The van der Waals surface area contributed by atoms with Crippen LogP contribution < -0.4 is 0 Å². The van der Waals surface area contributed by atoms with Crippen molar-refractivity contribution in [3.05, 3.63) is 54.3 Å². The van der Waals surface area contributed by atoms with Gasteiger partial charge in [-0.2, -0.15) is 4.37 Å². The zero-order chi connectivity index (χ0) is 10.8. The van der Waals surface area contributed by atoms with Gasteiger partial charge in [-0.05, 0) is 35.8 Å². The van der Waals surface area contributed by atoms with E-state index in [2.05, 4.69) is 26.1 Å². The molecule has 0 radical (unpaired) electrons. The average Bonchev–Trinajstić information content (AvgIpc) is 3.03. The van der Waals surface area contributed by atoms with Gasteiger partial charge in [-0.3, -0.25) is 0 Å². The van der Waals surface area contributed by atoms with Gasteiger partial charge in [0, 0.05) is 23.6 Å². The molecule has 2 heterocycles. The maximum atomic E-state index is 4.23. The maximum Gasteiger partial charge on any atom is 0.172 e. The molecular formula is C12H9N3S. The first-order valence-corrected chi connectivity index (χ1v) is 5.77. The summed E-state index contributed by atoms with van der Waals surface area (Å²) < 4.78 is 6.30. The summed E-state index contributed by atoms with van der Waals surface area (Å²) in [7, 11) is 0. The van der Waals surface area contributed by atoms with Gasteiger partial charge in [-0.15, -0.1) is 0 Å². The lowest BCUT2D eigenvalue weighted by Gasteiger charge is -2.03. The molecular weight excluding hydrogens is 218 g/mol. The fourth-order valence-electron chi connectivity index (χ4n) is 1.61. The molecule has 0 unspecified atom stereocenters. The third kappa shape index (κ3) is 1.63. The Labute approximate surface area is 97.2 Å². The van der Waals surface area contributed by atoms with Crippen LogP contribution >= 0.6 is 11.5 Å². The zero-order valence-electron chi connectivity index (χ0n) is 8.45. The molecule has 78 valence electrons. The summed E-state index contributed by atoms with van der Waals surface area (Å²) in [4.78, 5) is 4.21. The van der Waals surface area contributed by atoms with Crippen molar-refractivity contribution in [1.29, 1.82) is 0 Å². The number of rotatable bonds is 2. The third-order valence-corrected chi connectivity index (χ3v) is 2.85. The van der Waals surface area contributed by atoms with Crippen LogP contribution in [-0.2, 0) is 0 Å². The van der Waals surface area contributed by atoms with E-state index in [0.29, 0.717) is 0 Å². The Kier molecular flexibility index (Phi) is 2.27. The van der Waals surface area contributed by atoms with Gasteiger partial charge in [-0.25, -0.2) is 4.98 Å². The highest BCUT2D eigenvalue weighted by Gasteiger charge is 2.02. The zero-order valence-corrected chi connectivity index (χ0v) is 9.26. The predicted octanol–water partition coefficient (Wildman–Crippen LogP) is 3.00. The van der Waals surface area contributed by atoms with E-state index in [0.717, 1.165) is 17.1 Å². The highest BCUT2D eigenvalue weighted by molar-refractivity contribution is 7.03. The normalized spacial score (nSPS) is 10.5. The van der Waals surface area contributed by atoms with E-state index in [9.17, 15) is 0 Å². The molecule has 3 rings (SSSR count). The molecule has 0 aliphatic carbocycles. The quantitative estimate of drug-likeness (QED) is 0.673. The van der Waals surface area contributed by atoms with Gasteiger partial charge in [0.2, 0.25) is 0 Å². The van der Waals surface area contributed by atoms with E-state index in [-0.39, 0.29) is 0 Å². The van der Waals surface area contributed by atoms with Crippen molar-refractivity contribution in [1.82, 2.24) is 13.9 Å². The van der Waals surface area contributed by atoms with E-state index in [1.807, 2.05) is 36.7 Å². The van der Waals surface area contributed by atoms with Crippen LogP contribution in [0, 0.1) is 0 Å². The topological polar surface area (TPSA) is 30.7 Å². The minimum Gasteiger partial charge on any atom is -0.324 e. The highest BCUT2D eigenvalue weighted by Crippen LogP contribution is 2.19. The molecule has 3 nitrogen and oxygen atoms in total. The fourth-order valence-corrected chi connectivity index (χ4v) is 2.06. The molecule has 0 atom stereocenters. The van der Waals surface area contributed by atoms with Crippen LogP contribution in [0.4, 0.5) is 0 Å². The number of aromatic nitrogens is 3. The third-order valence-electron chi connectivity index (χ3n) is 2.37. The van der Waals surface area contributed by atoms with Crippen LogP contribution in [0.3, 0.4) is 0 Å². The molecule has 0 saturated heterocycles. The summed E-state index contributed by atoms with van der Waals surface area (Å²) >= 11 is 1.37. The molecule has 0 amide bonds. The number of benzene rings is 1. The van der Waals surface area contributed by atoms with Crippen LogP contribution in [0.15, 0.2) is 54.3 Å². The van der Waals surface area contributed by atoms with Crippen LogP contribution in [0.5, 0.6) is 0 Å². The van der Waals surface area contributed by atoms with Gasteiger partial charge in [0.1, 0.15) is 5.51 Å². The number of nitrogens with zero attached hydrogens (tertiary/aromatic N) is 3. The molecule has 4 heteroatoms. The second kappa shape index (κ2) is 3.90. The number of hydrogen-bond donors (Lipinski definition) is 0. The van der Waals surface area contributed by atoms with E-state index < -0.39 is 0 Å². The Morgan fingerprint density at radius 3 is 2.69 bits per heavy atom. The van der Waals surface area contributed by atoms with Crippen molar-refractivity contribution < 1.29 is 0 Å². The lowest BCUT2D eigenvalue weighted by Crippen LogP contribution is -1.90. The first kappa shape index (κ1) is 9.30. The SMILES string of the molecule is c1cc(-c2ncsn2)cc(-n2cccc2)c1. The van der Waals surface area contributed by atoms with Crippen LogP contribution in [0.2, 0.25) is 0 Å². The molecule has 3 aromatic rings. The smallest absolute Gasteiger partial charge is 0.172 e. The molecule has 0 fully saturated rings. The van der Waals surface area contributed by atoms with Crippen molar-refractivity contribution in [2.24, 2.45) is 0 Å². The average molecular weight is 227 g/mol. The van der Waals surface area contributed by atoms with E-state index in [4.69, 9.17) is 0 Å². The minimum atomic E-state index is 0.791. The monoisotopic (exact) mass is 227 g/mol. The van der Waals surface area contributed by atoms with Crippen molar-refractivity contribution in [3.63, 3.8) is 0 Å². The van der Waals surface area contributed by atoms with Gasteiger partial charge < -0.3 is 4.57 Å². The molecule has 16 heavy (non-hydrogen) atoms. The molecule has 0 saturated carbocycles. The largest absolute Gasteiger partial charge is 0.324 e. The van der Waals surface area contributed by atoms with Gasteiger partial charge >= 0.3 is 0 Å². The highest BCUT2D eigenvalue weighted by atomic mass is 32.1. The summed E-state index contributed by atoms with van der Waals surface area (Å²) in [5, 5.41) is 0. The van der Waals surface area contributed by atoms with Crippen LogP contribution in [0.25, 0.3) is 17.1 Å². The molecule has 0 spiro atoms. The van der Waals surface area contributed by atoms with Gasteiger partial charge in [0.15, 0.2) is 5.82 Å². The Balaban J connectivity index is 2.07. The Hall–Kier alpha value is -1.94. The maximum absolute atomic E-state index is 4.23. The van der Waals surface area contributed by atoms with Gasteiger partial charge in [0.05, 0.1) is 0 Å². The standard InChI is InChI=1S/C12H9N3S/c1-2-7-15(6-1)11-5-3-4-10(8-11)12-13-9-16-14-12/h1-9H. The van der Waals surface area contributed by atoms with Crippen molar-refractivity contribution in [2.45, 2.75) is 0 Å². The summed E-state index contributed by atoms with van der Waals surface area (Å²) in [6, 6.07) is 12.2. The second-order valence-electron chi connectivity index (χ2n) is 3.40. The predicted molar refractivity (Wildman–Crippen MR) is 64.7 cm³/mol. The van der Waals surface area contributed by atoms with Crippen LogP contribution in [-0.4, -0.2) is 13.9 Å². The van der Waals surface area contributed by atoms with E-state index in [1.165, 1.54) is 11.5 Å². The minimum absolute atomic E-state index is 0.791. The summed E-state index contributed by atoms with van der Waals surface area (Å²) in [5.41, 5.74) is 3.92. The Morgan fingerprint density at radius 1 is 1.06 bits per heavy atom. The molecule has 2 aromatic heterocycles. The van der Waals surface area contributed by atoms with E-state index >= 15 is 0 Å². The van der Waals surface area contributed by atoms with Crippen molar-refractivity contribution in [3.8, 4) is 17.1 Å². The lowest BCUT2D eigenvalue weighted by atomic mass is 10.2. The molecule has 0 aliphatic rings. The first-order valence-electron chi connectivity index (χ1n) is 4.94. The Bertz CT molecular complexity index is 521. The van der Waals surface area contributed by atoms with E-state index in [1.54, 1.807) is 5.51 Å². The Morgan fingerprint density at radius 2 is 1.94 bits per heavy atom. The second-order valence-corrected chi connectivity index (χ2v) is 4.00. The van der Waals surface area contributed by atoms with Crippen molar-refractivity contribution >= 4 is 11.5 Å². The molecule has 0 bridgehead atoms. The molecule has 0 N–H and O–H groups in total. The van der Waals surface area contributed by atoms with Gasteiger partial charge in [0.25, 0.3) is 0 Å². The fraction of sp³-hybridized carbons (Fsp3) is 0. The van der Waals surface area contributed by atoms with Crippen LogP contribution in [0.1, 0.15) is 0 Å². The van der Waals surface area contributed by atoms with Gasteiger partial charge in [-0.1, -0.05) is 12.1 Å².